The van der Waals surface area contributed by atoms with Gasteiger partial charge in [0.25, 0.3) is 0 Å². The molecule has 0 fully saturated rings. The Labute approximate surface area is 210 Å². The third-order valence-electron chi connectivity index (χ3n) is 4.94. The third kappa shape index (κ3) is 9.94. The summed E-state index contributed by atoms with van der Waals surface area (Å²) in [6.07, 6.45) is -3.55. The predicted molar refractivity (Wildman–Crippen MR) is 130 cm³/mol. The first-order chi connectivity index (χ1) is 17.0. The Balaban J connectivity index is 1.78. The van der Waals surface area contributed by atoms with Gasteiger partial charge in [-0.1, -0.05) is 32.0 Å². The van der Waals surface area contributed by atoms with E-state index in [0.717, 1.165) is 12.1 Å². The molecule has 3 amide bonds. The van der Waals surface area contributed by atoms with Crippen LogP contribution >= 0.6 is 0 Å². The Kier molecular flexibility index (Phi) is 11.3. The fraction of sp³-hybridized carbons (Fsp3) is 0.417. The molecular weight excluding hydrogens is 500 g/mol. The number of nitrogens with one attached hydrogen (secondary N) is 4. The van der Waals surface area contributed by atoms with Crippen LogP contribution in [0.25, 0.3) is 0 Å². The maximum absolute atomic E-state index is 13.2. The van der Waals surface area contributed by atoms with E-state index in [1.165, 1.54) is 0 Å². The highest BCUT2D eigenvalue weighted by atomic mass is 32.2. The van der Waals surface area contributed by atoms with Gasteiger partial charge in [-0.15, -0.1) is 0 Å². The van der Waals surface area contributed by atoms with Gasteiger partial charge in [0.2, 0.25) is 5.91 Å². The van der Waals surface area contributed by atoms with Crippen molar-refractivity contribution in [1.82, 2.24) is 15.4 Å². The minimum atomic E-state index is -4.84. The zero-order valence-electron chi connectivity index (χ0n) is 20.0. The molecule has 36 heavy (non-hydrogen) atoms. The van der Waals surface area contributed by atoms with Crippen LogP contribution in [-0.4, -0.2) is 35.3 Å². The Hall–Kier alpha value is -2.99. The maximum Gasteiger partial charge on any atom is 0.417 e. The van der Waals surface area contributed by atoms with Gasteiger partial charge < -0.3 is 16.0 Å². The summed E-state index contributed by atoms with van der Waals surface area (Å²) in [5.74, 6) is -1.28. The van der Waals surface area contributed by atoms with E-state index in [1.807, 2.05) is 19.9 Å². The van der Waals surface area contributed by atoms with Gasteiger partial charge in [0.1, 0.15) is 22.8 Å². The molecule has 0 radical (unpaired) electrons. The zero-order chi connectivity index (χ0) is 26.7. The number of anilines is 1. The number of benzene rings is 2. The summed E-state index contributed by atoms with van der Waals surface area (Å²) in [5, 5.41) is 8.07. The second kappa shape index (κ2) is 13.9. The molecule has 0 aromatic heterocycles. The molecule has 0 spiro atoms. The number of rotatable bonds is 12. The Bertz CT molecular complexity index is 1040. The number of carbonyl (C=O) groups excluding carboxylic acids is 2. The van der Waals surface area contributed by atoms with Crippen LogP contribution in [0.2, 0.25) is 0 Å². The smallest absolute Gasteiger partial charge is 0.354 e. The van der Waals surface area contributed by atoms with Crippen LogP contribution in [0.3, 0.4) is 0 Å². The van der Waals surface area contributed by atoms with E-state index in [2.05, 4.69) is 20.7 Å². The molecule has 0 aliphatic rings. The first-order valence-electron chi connectivity index (χ1n) is 11.4. The summed E-state index contributed by atoms with van der Waals surface area (Å²) in [6.45, 7) is 4.22. The van der Waals surface area contributed by atoms with Gasteiger partial charge in [-0.2, -0.15) is 13.2 Å². The summed E-state index contributed by atoms with van der Waals surface area (Å²) in [5.41, 5.74) is -0.702. The Morgan fingerprint density at radius 2 is 1.67 bits per heavy atom. The molecule has 0 bridgehead atoms. The molecule has 4 N–H and O–H groups in total. The standard InChI is InChI=1S/C24H30F4N4O3S/c1-16(2)14-20(32-23(34)31-18-8-4-3-5-9-18)22(33)29-12-6-7-13-30-36(35)21-11-10-17(25)15-19(21)24(26,27)28/h3-5,8-11,15-16,20,30H,6-7,12-14H2,1-2H3,(H,29,33)(H2,31,32,34). The summed E-state index contributed by atoms with van der Waals surface area (Å²) in [4.78, 5) is 24.3. The van der Waals surface area contributed by atoms with Gasteiger partial charge in [0.05, 0.1) is 10.5 Å². The van der Waals surface area contributed by atoms with Crippen molar-refractivity contribution in [1.29, 1.82) is 0 Å². The van der Waals surface area contributed by atoms with Crippen LogP contribution < -0.4 is 20.7 Å². The SMILES string of the molecule is CC(C)CC(NC(=O)Nc1ccccc1)C(=O)NCCCCNS(=O)c1ccc(F)cc1C(F)(F)F. The monoisotopic (exact) mass is 530 g/mol. The quantitative estimate of drug-likeness (QED) is 0.239. The van der Waals surface area contributed by atoms with Crippen LogP contribution in [0, 0.1) is 11.7 Å². The van der Waals surface area contributed by atoms with Crippen molar-refractivity contribution < 1.29 is 31.4 Å². The van der Waals surface area contributed by atoms with Crippen molar-refractivity contribution in [2.24, 2.45) is 5.92 Å². The number of carbonyl (C=O) groups is 2. The topological polar surface area (TPSA) is 99.3 Å². The average Bonchev–Trinajstić information content (AvgIpc) is 2.80. The molecule has 2 atom stereocenters. The third-order valence-corrected chi connectivity index (χ3v) is 6.17. The normalized spacial score (nSPS) is 13.2. The Morgan fingerprint density at radius 3 is 2.31 bits per heavy atom. The van der Waals surface area contributed by atoms with Crippen LogP contribution in [-0.2, 0) is 22.0 Å². The van der Waals surface area contributed by atoms with Crippen molar-refractivity contribution in [3.05, 3.63) is 59.9 Å². The highest BCUT2D eigenvalue weighted by Gasteiger charge is 2.35. The molecule has 0 heterocycles. The van der Waals surface area contributed by atoms with E-state index >= 15 is 0 Å². The van der Waals surface area contributed by atoms with E-state index in [-0.39, 0.29) is 24.9 Å². The fourth-order valence-corrected chi connectivity index (χ4v) is 4.31. The maximum atomic E-state index is 13.2. The molecule has 0 aliphatic carbocycles. The lowest BCUT2D eigenvalue weighted by Crippen LogP contribution is -2.49. The van der Waals surface area contributed by atoms with E-state index in [9.17, 15) is 31.4 Å². The van der Waals surface area contributed by atoms with E-state index < -0.39 is 45.5 Å². The number of para-hydroxylation sites is 1. The van der Waals surface area contributed by atoms with Crippen LogP contribution in [0.5, 0.6) is 0 Å². The van der Waals surface area contributed by atoms with E-state index in [1.54, 1.807) is 24.3 Å². The molecule has 2 aromatic rings. The number of urea groups is 1. The molecule has 12 heteroatoms. The number of alkyl halides is 3. The molecule has 2 rings (SSSR count). The number of hydrogen-bond donors (Lipinski definition) is 4. The highest BCUT2D eigenvalue weighted by molar-refractivity contribution is 7.83. The van der Waals surface area contributed by atoms with Gasteiger partial charge >= 0.3 is 12.2 Å². The largest absolute Gasteiger partial charge is 0.417 e. The average molecular weight is 531 g/mol. The van der Waals surface area contributed by atoms with Crippen molar-refractivity contribution in [3.63, 3.8) is 0 Å². The lowest BCUT2D eigenvalue weighted by atomic mass is 10.0. The molecule has 2 aromatic carbocycles. The number of hydrogen-bond acceptors (Lipinski definition) is 3. The zero-order valence-corrected chi connectivity index (χ0v) is 20.8. The molecule has 198 valence electrons. The summed E-state index contributed by atoms with van der Waals surface area (Å²) in [6, 6.07) is 9.52. The number of halogens is 4. The van der Waals surface area contributed by atoms with Crippen molar-refractivity contribution in [2.75, 3.05) is 18.4 Å². The first-order valence-corrected chi connectivity index (χ1v) is 12.5. The minimum absolute atomic E-state index is 0.115. The van der Waals surface area contributed by atoms with Crippen LogP contribution in [0.4, 0.5) is 28.0 Å². The van der Waals surface area contributed by atoms with E-state index in [0.29, 0.717) is 31.0 Å². The van der Waals surface area contributed by atoms with Gasteiger partial charge in [0.15, 0.2) is 0 Å². The van der Waals surface area contributed by atoms with Crippen molar-refractivity contribution in [2.45, 2.75) is 50.2 Å². The van der Waals surface area contributed by atoms with Crippen LogP contribution in [0.15, 0.2) is 53.4 Å². The van der Waals surface area contributed by atoms with E-state index in [4.69, 9.17) is 0 Å². The second-order valence-corrected chi connectivity index (χ2v) is 9.71. The Morgan fingerprint density at radius 1 is 1.00 bits per heavy atom. The molecule has 0 aliphatic heterocycles. The lowest BCUT2D eigenvalue weighted by molar-refractivity contribution is -0.140. The first kappa shape index (κ1) is 29.2. The minimum Gasteiger partial charge on any atom is -0.354 e. The predicted octanol–water partition coefficient (Wildman–Crippen LogP) is 4.59. The molecule has 7 nitrogen and oxygen atoms in total. The molecule has 2 unspecified atom stereocenters. The number of unbranched alkanes of at least 4 members (excludes halogenated alkanes) is 1. The number of amides is 3. The summed E-state index contributed by atoms with van der Waals surface area (Å²) < 4.78 is 67.2. The van der Waals surface area contributed by atoms with Gasteiger partial charge in [-0.05, 0) is 55.5 Å². The fourth-order valence-electron chi connectivity index (χ4n) is 3.26. The summed E-state index contributed by atoms with van der Waals surface area (Å²) >= 11 is 0. The molecule has 0 saturated heterocycles. The van der Waals surface area contributed by atoms with Gasteiger partial charge in [-0.25, -0.2) is 18.1 Å². The summed E-state index contributed by atoms with van der Waals surface area (Å²) in [7, 11) is -2.18. The van der Waals surface area contributed by atoms with Gasteiger partial charge in [0, 0.05) is 18.8 Å². The molecular formula is C24H30F4N4O3S. The highest BCUT2D eigenvalue weighted by Crippen LogP contribution is 2.33. The van der Waals surface area contributed by atoms with Crippen molar-refractivity contribution >= 4 is 28.6 Å². The van der Waals surface area contributed by atoms with Gasteiger partial charge in [-0.3, -0.25) is 4.79 Å². The molecule has 0 saturated carbocycles. The van der Waals surface area contributed by atoms with Crippen LogP contribution in [0.1, 0.15) is 38.7 Å². The lowest BCUT2D eigenvalue weighted by Gasteiger charge is -2.20. The van der Waals surface area contributed by atoms with Crippen molar-refractivity contribution in [3.8, 4) is 0 Å². The second-order valence-electron chi connectivity index (χ2n) is 8.45.